The van der Waals surface area contributed by atoms with Gasteiger partial charge in [-0.25, -0.2) is 4.68 Å². The third kappa shape index (κ3) is 8.33. The molecule has 1 saturated heterocycles. The van der Waals surface area contributed by atoms with E-state index in [0.29, 0.717) is 38.0 Å². The van der Waals surface area contributed by atoms with Gasteiger partial charge in [-0.15, -0.1) is 0 Å². The van der Waals surface area contributed by atoms with Gasteiger partial charge in [0.2, 0.25) is 5.91 Å². The summed E-state index contributed by atoms with van der Waals surface area (Å²) in [4.78, 5) is 38.8. The quantitative estimate of drug-likeness (QED) is 0.411. The number of carbonyl (C=O) groups is 3. The van der Waals surface area contributed by atoms with Crippen molar-refractivity contribution in [1.29, 1.82) is 0 Å². The minimum Gasteiger partial charge on any atom is -0.460 e. The SMILES string of the molecule is CC(C)(C)OC(=O)CC1CCN(C(=O)CCCNC(=O)c2cn(-c3ccccc3)nc2C(F)(F)F)CC1. The second-order valence-corrected chi connectivity index (χ2v) is 10.1. The Labute approximate surface area is 214 Å². The molecule has 2 amide bonds. The van der Waals surface area contributed by atoms with Crippen LogP contribution in [0.15, 0.2) is 36.5 Å². The smallest absolute Gasteiger partial charge is 0.435 e. The van der Waals surface area contributed by atoms with Gasteiger partial charge in [0, 0.05) is 38.7 Å². The van der Waals surface area contributed by atoms with Gasteiger partial charge in [-0.2, -0.15) is 18.3 Å². The van der Waals surface area contributed by atoms with E-state index in [0.717, 1.165) is 10.9 Å². The van der Waals surface area contributed by atoms with E-state index in [1.54, 1.807) is 35.2 Å². The Morgan fingerprint density at radius 2 is 1.73 bits per heavy atom. The first kappa shape index (κ1) is 28.2. The number of amides is 2. The van der Waals surface area contributed by atoms with Gasteiger partial charge in [0.15, 0.2) is 5.69 Å². The third-order valence-electron chi connectivity index (χ3n) is 5.94. The van der Waals surface area contributed by atoms with Gasteiger partial charge in [0.1, 0.15) is 5.60 Å². The van der Waals surface area contributed by atoms with Crippen LogP contribution in [0.25, 0.3) is 5.69 Å². The fraction of sp³-hybridized carbons (Fsp3) is 0.538. The van der Waals surface area contributed by atoms with E-state index in [9.17, 15) is 27.6 Å². The molecule has 202 valence electrons. The molecule has 0 unspecified atom stereocenters. The molecular weight excluding hydrogens is 489 g/mol. The van der Waals surface area contributed by atoms with Crippen molar-refractivity contribution < 1.29 is 32.3 Å². The van der Waals surface area contributed by atoms with Gasteiger partial charge in [-0.05, 0) is 58.1 Å². The maximum Gasteiger partial charge on any atom is 0.435 e. The lowest BCUT2D eigenvalue weighted by Gasteiger charge is -2.32. The number of benzene rings is 1. The third-order valence-corrected chi connectivity index (χ3v) is 5.94. The predicted molar refractivity (Wildman–Crippen MR) is 130 cm³/mol. The summed E-state index contributed by atoms with van der Waals surface area (Å²) in [6, 6.07) is 8.20. The lowest BCUT2D eigenvalue weighted by molar-refractivity contribution is -0.156. The first-order valence-corrected chi connectivity index (χ1v) is 12.3. The van der Waals surface area contributed by atoms with Crippen LogP contribution >= 0.6 is 0 Å². The molecule has 1 aliphatic heterocycles. The molecule has 1 aliphatic rings. The average molecular weight is 523 g/mol. The van der Waals surface area contributed by atoms with Crippen LogP contribution in [0.5, 0.6) is 0 Å². The topological polar surface area (TPSA) is 93.5 Å². The first-order chi connectivity index (χ1) is 17.3. The van der Waals surface area contributed by atoms with Crippen LogP contribution in [0.1, 0.15) is 68.9 Å². The van der Waals surface area contributed by atoms with Crippen LogP contribution in [0, 0.1) is 5.92 Å². The molecule has 0 radical (unpaired) electrons. The molecule has 1 aromatic heterocycles. The summed E-state index contributed by atoms with van der Waals surface area (Å²) < 4.78 is 46.8. The Bertz CT molecular complexity index is 1090. The number of carbonyl (C=O) groups excluding carboxylic acids is 3. The number of hydrogen-bond acceptors (Lipinski definition) is 5. The molecule has 2 aromatic rings. The number of ether oxygens (including phenoxy) is 1. The molecule has 3 rings (SSSR count). The highest BCUT2D eigenvalue weighted by molar-refractivity contribution is 5.95. The predicted octanol–water partition coefficient (Wildman–Crippen LogP) is 4.37. The molecule has 1 N–H and O–H groups in total. The number of rotatable bonds is 8. The van der Waals surface area contributed by atoms with Crippen LogP contribution in [0.2, 0.25) is 0 Å². The summed E-state index contributed by atoms with van der Waals surface area (Å²) in [5.74, 6) is -1.06. The highest BCUT2D eigenvalue weighted by Gasteiger charge is 2.39. The van der Waals surface area contributed by atoms with Gasteiger partial charge < -0.3 is 15.0 Å². The van der Waals surface area contributed by atoms with Crippen LogP contribution < -0.4 is 5.32 Å². The minimum atomic E-state index is -4.79. The number of para-hydroxylation sites is 1. The van der Waals surface area contributed by atoms with E-state index in [1.165, 1.54) is 0 Å². The molecule has 0 aliphatic carbocycles. The fourth-order valence-corrected chi connectivity index (χ4v) is 4.16. The van der Waals surface area contributed by atoms with Crippen molar-refractivity contribution in [3.05, 3.63) is 47.8 Å². The zero-order chi connectivity index (χ0) is 27.2. The van der Waals surface area contributed by atoms with Crippen molar-refractivity contribution in [3.63, 3.8) is 0 Å². The number of piperidine rings is 1. The molecule has 0 saturated carbocycles. The summed E-state index contributed by atoms with van der Waals surface area (Å²) in [5, 5.41) is 6.04. The highest BCUT2D eigenvalue weighted by atomic mass is 19.4. The van der Waals surface area contributed by atoms with Crippen LogP contribution in [0.3, 0.4) is 0 Å². The molecule has 11 heteroatoms. The highest BCUT2D eigenvalue weighted by Crippen LogP contribution is 2.31. The molecule has 2 heterocycles. The monoisotopic (exact) mass is 522 g/mol. The molecule has 8 nitrogen and oxygen atoms in total. The van der Waals surface area contributed by atoms with Gasteiger partial charge in [-0.1, -0.05) is 18.2 Å². The lowest BCUT2D eigenvalue weighted by atomic mass is 9.93. The number of alkyl halides is 3. The Morgan fingerprint density at radius 3 is 2.32 bits per heavy atom. The van der Waals surface area contributed by atoms with Crippen LogP contribution in [-0.4, -0.2) is 57.7 Å². The zero-order valence-electron chi connectivity index (χ0n) is 21.3. The van der Waals surface area contributed by atoms with Gasteiger partial charge in [0.05, 0.1) is 11.3 Å². The van der Waals surface area contributed by atoms with E-state index in [4.69, 9.17) is 4.74 Å². The first-order valence-electron chi connectivity index (χ1n) is 12.3. The Hall–Kier alpha value is -3.37. The molecule has 0 spiro atoms. The maximum absolute atomic E-state index is 13.5. The number of esters is 1. The van der Waals surface area contributed by atoms with E-state index in [2.05, 4.69) is 10.4 Å². The molecule has 37 heavy (non-hydrogen) atoms. The average Bonchev–Trinajstić information content (AvgIpc) is 3.28. The van der Waals surface area contributed by atoms with E-state index >= 15 is 0 Å². The summed E-state index contributed by atoms with van der Waals surface area (Å²) in [7, 11) is 0. The summed E-state index contributed by atoms with van der Waals surface area (Å²) >= 11 is 0. The largest absolute Gasteiger partial charge is 0.460 e. The summed E-state index contributed by atoms with van der Waals surface area (Å²) in [6.45, 7) is 6.58. The van der Waals surface area contributed by atoms with Crippen molar-refractivity contribution in [2.45, 2.75) is 64.7 Å². The second-order valence-electron chi connectivity index (χ2n) is 10.1. The van der Waals surface area contributed by atoms with Crippen molar-refractivity contribution >= 4 is 17.8 Å². The lowest BCUT2D eigenvalue weighted by Crippen LogP contribution is -2.39. The number of likely N-dealkylation sites (tertiary alicyclic amines) is 1. The Balaban J connectivity index is 1.45. The molecule has 1 fully saturated rings. The molecular formula is C26H33F3N4O4. The molecule has 1 aromatic carbocycles. The zero-order valence-corrected chi connectivity index (χ0v) is 21.3. The second kappa shape index (κ2) is 11.8. The fourth-order valence-electron chi connectivity index (χ4n) is 4.16. The number of hydrogen-bond donors (Lipinski definition) is 1. The number of halogens is 3. The van der Waals surface area contributed by atoms with Gasteiger partial charge in [-0.3, -0.25) is 14.4 Å². The number of nitrogens with one attached hydrogen (secondary N) is 1. The van der Waals surface area contributed by atoms with E-state index < -0.39 is 28.9 Å². The number of nitrogens with zero attached hydrogens (tertiary/aromatic N) is 3. The van der Waals surface area contributed by atoms with Crippen LogP contribution in [0.4, 0.5) is 13.2 Å². The number of aromatic nitrogens is 2. The Morgan fingerprint density at radius 1 is 1.08 bits per heavy atom. The van der Waals surface area contributed by atoms with Crippen molar-refractivity contribution in [2.24, 2.45) is 5.92 Å². The van der Waals surface area contributed by atoms with Gasteiger partial charge in [0.25, 0.3) is 5.91 Å². The maximum atomic E-state index is 13.5. The van der Waals surface area contributed by atoms with Crippen molar-refractivity contribution in [2.75, 3.05) is 19.6 Å². The summed E-state index contributed by atoms with van der Waals surface area (Å²) in [6.07, 6.45) is -1.56. The standard InChI is InChI=1S/C26H33F3N4O4/c1-25(2,3)37-22(35)16-18-11-14-32(15-12-18)21(34)10-7-13-30-24(36)20-17-33(19-8-5-4-6-9-19)31-23(20)26(27,28)29/h4-6,8-9,17-18H,7,10-16H2,1-3H3,(H,30,36). The molecule has 0 bridgehead atoms. The normalized spacial score (nSPS) is 14.9. The summed E-state index contributed by atoms with van der Waals surface area (Å²) in [5.41, 5.74) is -1.97. The minimum absolute atomic E-state index is 0.0491. The van der Waals surface area contributed by atoms with Crippen molar-refractivity contribution in [3.8, 4) is 5.69 Å². The van der Waals surface area contributed by atoms with E-state index in [1.807, 2.05) is 20.8 Å². The van der Waals surface area contributed by atoms with Gasteiger partial charge >= 0.3 is 12.1 Å². The van der Waals surface area contributed by atoms with E-state index in [-0.39, 0.29) is 37.2 Å². The van der Waals surface area contributed by atoms with Crippen LogP contribution in [-0.2, 0) is 20.5 Å². The Kier molecular flexibility index (Phi) is 8.98. The molecule has 0 atom stereocenters. The van der Waals surface area contributed by atoms with Crippen molar-refractivity contribution in [1.82, 2.24) is 20.0 Å².